The highest BCUT2D eigenvalue weighted by Gasteiger charge is 2.29. The molecule has 5 nitrogen and oxygen atoms in total. The molecule has 1 heterocycles. The molecule has 1 aromatic heterocycles. The summed E-state index contributed by atoms with van der Waals surface area (Å²) >= 11 is 1.31. The molecule has 1 aliphatic carbocycles. The van der Waals surface area contributed by atoms with Crippen LogP contribution in [-0.2, 0) is 17.8 Å². The Bertz CT molecular complexity index is 995. The Morgan fingerprint density at radius 3 is 2.43 bits per heavy atom. The minimum atomic E-state index is -0.116. The molecule has 0 spiro atoms. The number of nitrogens with one attached hydrogen (secondary N) is 2. The van der Waals surface area contributed by atoms with Gasteiger partial charge in [0.2, 0.25) is 5.91 Å². The van der Waals surface area contributed by atoms with Crippen LogP contribution < -0.4 is 15.4 Å². The van der Waals surface area contributed by atoms with Gasteiger partial charge < -0.3 is 15.4 Å². The summed E-state index contributed by atoms with van der Waals surface area (Å²) in [5, 5.41) is 6.54. The first-order valence-corrected chi connectivity index (χ1v) is 10.9. The maximum Gasteiger partial charge on any atom is 0.261 e. The lowest BCUT2D eigenvalue weighted by molar-refractivity contribution is -0.117. The Kier molecular flexibility index (Phi) is 6.44. The summed E-state index contributed by atoms with van der Waals surface area (Å²) in [5.41, 5.74) is 2.26. The molecule has 0 atom stereocenters. The topological polar surface area (TPSA) is 67.4 Å². The zero-order chi connectivity index (χ0) is 20.8. The van der Waals surface area contributed by atoms with Gasteiger partial charge in [-0.05, 0) is 54.7 Å². The second kappa shape index (κ2) is 9.59. The van der Waals surface area contributed by atoms with E-state index in [0.29, 0.717) is 18.0 Å². The van der Waals surface area contributed by atoms with Crippen LogP contribution in [-0.4, -0.2) is 18.4 Å². The second-order valence-corrected chi connectivity index (χ2v) is 8.44. The van der Waals surface area contributed by atoms with Crippen LogP contribution in [0.4, 0.5) is 5.00 Å². The van der Waals surface area contributed by atoms with Crippen LogP contribution in [0.2, 0.25) is 0 Å². The van der Waals surface area contributed by atoms with Crippen molar-refractivity contribution in [1.29, 1.82) is 0 Å². The third-order valence-electron chi connectivity index (χ3n) is 4.90. The summed E-state index contributed by atoms with van der Waals surface area (Å²) in [6.07, 6.45) is 2.66. The van der Waals surface area contributed by atoms with E-state index in [0.717, 1.165) is 41.1 Å². The standard InChI is InChI=1S/C24H24N2O3S/c27-23(19-8-9-19)26-22-13-12-21(30-22)24(28)25-15-14-17-6-10-20(11-7-17)29-16-18-4-2-1-3-5-18/h1-7,10-13,19H,8-9,14-16H2,(H,25,28)(H,26,27). The van der Waals surface area contributed by atoms with Gasteiger partial charge in [0.05, 0.1) is 9.88 Å². The van der Waals surface area contributed by atoms with Crippen molar-refractivity contribution >= 4 is 28.2 Å². The zero-order valence-corrected chi connectivity index (χ0v) is 17.4. The average molecular weight is 421 g/mol. The minimum absolute atomic E-state index is 0.0556. The fourth-order valence-electron chi connectivity index (χ4n) is 3.00. The highest BCUT2D eigenvalue weighted by atomic mass is 32.1. The molecule has 30 heavy (non-hydrogen) atoms. The van der Waals surface area contributed by atoms with Gasteiger partial charge in [-0.3, -0.25) is 9.59 Å². The van der Waals surface area contributed by atoms with E-state index in [9.17, 15) is 9.59 Å². The molecule has 0 bridgehead atoms. The second-order valence-electron chi connectivity index (χ2n) is 7.35. The van der Waals surface area contributed by atoms with Crippen LogP contribution in [0.25, 0.3) is 0 Å². The van der Waals surface area contributed by atoms with Gasteiger partial charge in [0.1, 0.15) is 12.4 Å². The molecule has 1 fully saturated rings. The van der Waals surface area contributed by atoms with Gasteiger partial charge in [0.15, 0.2) is 0 Å². The van der Waals surface area contributed by atoms with Crippen molar-refractivity contribution in [3.8, 4) is 5.75 Å². The number of thiophene rings is 1. The van der Waals surface area contributed by atoms with Crippen molar-refractivity contribution in [1.82, 2.24) is 5.32 Å². The normalized spacial score (nSPS) is 12.9. The molecular weight excluding hydrogens is 396 g/mol. The number of benzene rings is 2. The molecule has 3 aromatic rings. The Balaban J connectivity index is 1.19. The molecular formula is C24H24N2O3S. The van der Waals surface area contributed by atoms with Crippen molar-refractivity contribution < 1.29 is 14.3 Å². The van der Waals surface area contributed by atoms with Crippen LogP contribution in [0.3, 0.4) is 0 Å². The van der Waals surface area contributed by atoms with E-state index in [4.69, 9.17) is 4.74 Å². The number of anilines is 1. The van der Waals surface area contributed by atoms with E-state index in [1.54, 1.807) is 12.1 Å². The number of hydrogen-bond acceptors (Lipinski definition) is 4. The van der Waals surface area contributed by atoms with Crippen molar-refractivity contribution in [3.05, 3.63) is 82.7 Å². The van der Waals surface area contributed by atoms with Gasteiger partial charge in [0.25, 0.3) is 5.91 Å². The van der Waals surface area contributed by atoms with Crippen molar-refractivity contribution in [2.24, 2.45) is 5.92 Å². The maximum absolute atomic E-state index is 12.3. The molecule has 0 saturated heterocycles. The Labute approximate surface area is 180 Å². The first-order chi connectivity index (χ1) is 14.7. The van der Waals surface area contributed by atoms with Gasteiger partial charge in [-0.15, -0.1) is 11.3 Å². The molecule has 1 saturated carbocycles. The van der Waals surface area contributed by atoms with Gasteiger partial charge in [-0.1, -0.05) is 42.5 Å². The first kappa shape index (κ1) is 20.2. The molecule has 0 radical (unpaired) electrons. The summed E-state index contributed by atoms with van der Waals surface area (Å²) in [6, 6.07) is 21.5. The van der Waals surface area contributed by atoms with Crippen LogP contribution >= 0.6 is 11.3 Å². The third-order valence-corrected chi connectivity index (χ3v) is 5.89. The Morgan fingerprint density at radius 1 is 0.933 bits per heavy atom. The molecule has 6 heteroatoms. The number of amides is 2. The predicted molar refractivity (Wildman–Crippen MR) is 119 cm³/mol. The fourth-order valence-corrected chi connectivity index (χ4v) is 3.82. The quantitative estimate of drug-likeness (QED) is 0.530. The number of carbonyl (C=O) groups is 2. The number of rotatable bonds is 9. The fraction of sp³-hybridized carbons (Fsp3) is 0.250. The van der Waals surface area contributed by atoms with Gasteiger partial charge in [0, 0.05) is 12.5 Å². The molecule has 2 aromatic carbocycles. The van der Waals surface area contributed by atoms with Crippen LogP contribution in [0.15, 0.2) is 66.7 Å². The molecule has 0 aliphatic heterocycles. The molecule has 0 unspecified atom stereocenters. The summed E-state index contributed by atoms with van der Waals surface area (Å²) < 4.78 is 5.80. The lowest BCUT2D eigenvalue weighted by Gasteiger charge is -2.08. The summed E-state index contributed by atoms with van der Waals surface area (Å²) in [4.78, 5) is 24.7. The third kappa shape index (κ3) is 5.70. The molecule has 2 N–H and O–H groups in total. The molecule has 2 amide bonds. The van der Waals surface area contributed by atoms with E-state index in [1.807, 2.05) is 54.6 Å². The Hall–Kier alpha value is -3.12. The smallest absolute Gasteiger partial charge is 0.261 e. The molecule has 4 rings (SSSR count). The maximum atomic E-state index is 12.3. The van der Waals surface area contributed by atoms with Crippen molar-refractivity contribution in [2.75, 3.05) is 11.9 Å². The number of carbonyl (C=O) groups excluding carboxylic acids is 2. The SMILES string of the molecule is O=C(NCCc1ccc(OCc2ccccc2)cc1)c1ccc(NC(=O)C2CC2)s1. The van der Waals surface area contributed by atoms with Gasteiger partial charge in [-0.2, -0.15) is 0 Å². The first-order valence-electron chi connectivity index (χ1n) is 10.1. The van der Waals surface area contributed by atoms with Crippen LogP contribution in [0.5, 0.6) is 5.75 Å². The monoisotopic (exact) mass is 420 g/mol. The van der Waals surface area contributed by atoms with Crippen LogP contribution in [0.1, 0.15) is 33.6 Å². The van der Waals surface area contributed by atoms with E-state index in [2.05, 4.69) is 10.6 Å². The summed E-state index contributed by atoms with van der Waals surface area (Å²) in [6.45, 7) is 1.09. The lowest BCUT2D eigenvalue weighted by Crippen LogP contribution is -2.24. The molecule has 154 valence electrons. The highest BCUT2D eigenvalue weighted by molar-refractivity contribution is 7.18. The van der Waals surface area contributed by atoms with E-state index in [1.165, 1.54) is 11.3 Å². The van der Waals surface area contributed by atoms with Gasteiger partial charge in [-0.25, -0.2) is 0 Å². The van der Waals surface area contributed by atoms with E-state index in [-0.39, 0.29) is 17.7 Å². The van der Waals surface area contributed by atoms with E-state index < -0.39 is 0 Å². The number of ether oxygens (including phenoxy) is 1. The highest BCUT2D eigenvalue weighted by Crippen LogP contribution is 2.31. The van der Waals surface area contributed by atoms with Gasteiger partial charge >= 0.3 is 0 Å². The zero-order valence-electron chi connectivity index (χ0n) is 16.6. The average Bonchev–Trinajstić information content (AvgIpc) is 3.53. The minimum Gasteiger partial charge on any atom is -0.489 e. The number of hydrogen-bond donors (Lipinski definition) is 2. The largest absolute Gasteiger partial charge is 0.489 e. The summed E-state index contributed by atoms with van der Waals surface area (Å²) in [7, 11) is 0. The van der Waals surface area contributed by atoms with Crippen LogP contribution in [0, 0.1) is 5.92 Å². The van der Waals surface area contributed by atoms with E-state index >= 15 is 0 Å². The molecule has 1 aliphatic rings. The van der Waals surface area contributed by atoms with Crippen molar-refractivity contribution in [2.45, 2.75) is 25.9 Å². The predicted octanol–water partition coefficient (Wildman–Crippen LogP) is 4.65. The lowest BCUT2D eigenvalue weighted by atomic mass is 10.1. The summed E-state index contributed by atoms with van der Waals surface area (Å²) in [5.74, 6) is 0.917. The van der Waals surface area contributed by atoms with Crippen molar-refractivity contribution in [3.63, 3.8) is 0 Å². The Morgan fingerprint density at radius 2 is 1.70 bits per heavy atom.